The molecule has 0 aliphatic carbocycles. The zero-order chi connectivity index (χ0) is 17.2. The highest BCUT2D eigenvalue weighted by molar-refractivity contribution is 5.95. The van der Waals surface area contributed by atoms with Crippen LogP contribution >= 0.6 is 0 Å². The van der Waals surface area contributed by atoms with Gasteiger partial charge in [0.25, 0.3) is 11.6 Å². The Balaban J connectivity index is 2.66. The van der Waals surface area contributed by atoms with Crippen molar-refractivity contribution in [2.45, 2.75) is 6.92 Å². The number of amides is 1. The van der Waals surface area contributed by atoms with Crippen LogP contribution in [-0.2, 0) is 14.3 Å². The minimum absolute atomic E-state index is 0.0631. The molecule has 0 radical (unpaired) electrons. The lowest BCUT2D eigenvalue weighted by atomic mass is 10.1. The van der Waals surface area contributed by atoms with Crippen LogP contribution in [0.1, 0.15) is 12.5 Å². The molecule has 23 heavy (non-hydrogen) atoms. The summed E-state index contributed by atoms with van der Waals surface area (Å²) in [5, 5.41) is 21.9. The first kappa shape index (κ1) is 17.6. The van der Waals surface area contributed by atoms with Gasteiger partial charge in [-0.05, 0) is 13.0 Å². The topological polar surface area (TPSA) is 122 Å². The largest absolute Gasteiger partial charge is 0.452 e. The van der Waals surface area contributed by atoms with Crippen molar-refractivity contribution in [2.24, 2.45) is 0 Å². The van der Waals surface area contributed by atoms with Crippen molar-refractivity contribution in [3.05, 3.63) is 58.2 Å². The minimum Gasteiger partial charge on any atom is -0.452 e. The fraction of sp³-hybridized carbons (Fsp3) is 0.133. The van der Waals surface area contributed by atoms with Crippen LogP contribution in [-0.4, -0.2) is 23.4 Å². The first-order valence-corrected chi connectivity index (χ1v) is 6.42. The predicted octanol–water partition coefficient (Wildman–Crippen LogP) is 2.08. The number of carbonyl (C=O) groups excluding carboxylic acids is 2. The third-order valence-electron chi connectivity index (χ3n) is 2.49. The van der Waals surface area contributed by atoms with Gasteiger partial charge in [0.05, 0.1) is 16.2 Å². The lowest BCUT2D eigenvalue weighted by Gasteiger charge is -2.06. The van der Waals surface area contributed by atoms with E-state index in [9.17, 15) is 19.7 Å². The smallest absolute Gasteiger partial charge is 0.331 e. The van der Waals surface area contributed by atoms with Gasteiger partial charge in [0.2, 0.25) is 0 Å². The van der Waals surface area contributed by atoms with E-state index in [4.69, 9.17) is 10.00 Å². The van der Waals surface area contributed by atoms with Gasteiger partial charge < -0.3 is 10.1 Å². The Bertz CT molecular complexity index is 716. The van der Waals surface area contributed by atoms with E-state index >= 15 is 0 Å². The van der Waals surface area contributed by atoms with Crippen LogP contribution in [0.2, 0.25) is 0 Å². The van der Waals surface area contributed by atoms with E-state index < -0.39 is 23.4 Å². The summed E-state index contributed by atoms with van der Waals surface area (Å²) >= 11 is 0. The van der Waals surface area contributed by atoms with E-state index in [1.807, 2.05) is 0 Å². The third-order valence-corrected chi connectivity index (χ3v) is 2.49. The van der Waals surface area contributed by atoms with Gasteiger partial charge in [-0.2, -0.15) is 5.26 Å². The molecule has 0 heterocycles. The number of rotatable bonds is 6. The number of ether oxygens (including phenoxy) is 1. The summed E-state index contributed by atoms with van der Waals surface area (Å²) in [5.74, 6) is -1.36. The number of benzene rings is 1. The van der Waals surface area contributed by atoms with Gasteiger partial charge in [0, 0.05) is 18.2 Å². The molecule has 0 saturated carbocycles. The number of nitrogens with one attached hydrogen (secondary N) is 1. The van der Waals surface area contributed by atoms with Gasteiger partial charge in [-0.3, -0.25) is 14.9 Å². The molecule has 8 nitrogen and oxygen atoms in total. The van der Waals surface area contributed by atoms with Crippen LogP contribution in [0.3, 0.4) is 0 Å². The lowest BCUT2D eigenvalue weighted by Crippen LogP contribution is -2.20. The molecule has 0 fully saturated rings. The lowest BCUT2D eigenvalue weighted by molar-refractivity contribution is -0.384. The van der Waals surface area contributed by atoms with Gasteiger partial charge in [-0.15, -0.1) is 0 Å². The van der Waals surface area contributed by atoms with E-state index in [2.05, 4.69) is 5.32 Å². The molecule has 0 aliphatic rings. The van der Waals surface area contributed by atoms with E-state index in [0.717, 1.165) is 18.2 Å². The minimum atomic E-state index is -0.692. The normalized spacial score (nSPS) is 10.4. The van der Waals surface area contributed by atoms with Crippen LogP contribution in [0, 0.1) is 21.4 Å². The molecule has 0 spiro atoms. The van der Waals surface area contributed by atoms with E-state index in [1.54, 1.807) is 25.1 Å². The van der Waals surface area contributed by atoms with Gasteiger partial charge in [-0.1, -0.05) is 18.2 Å². The summed E-state index contributed by atoms with van der Waals surface area (Å²) in [6.45, 7) is 1.24. The fourth-order valence-electron chi connectivity index (χ4n) is 1.46. The highest BCUT2D eigenvalue weighted by Crippen LogP contribution is 2.21. The monoisotopic (exact) mass is 315 g/mol. The maximum atomic E-state index is 11.7. The number of nitrogens with zero attached hydrogens (tertiary/aromatic N) is 2. The number of esters is 1. The second-order valence-corrected chi connectivity index (χ2v) is 4.14. The Morgan fingerprint density at radius 2 is 2.17 bits per heavy atom. The van der Waals surface area contributed by atoms with Crippen molar-refractivity contribution < 1.29 is 19.2 Å². The van der Waals surface area contributed by atoms with Crippen molar-refractivity contribution in [1.82, 2.24) is 0 Å². The second kappa shape index (κ2) is 8.74. The standard InChI is InChI=1S/C15H13N3O5/c1-2-3-4-5-15(20)23-10-14(19)17-13-7-6-12(18(21)22)8-11(13)9-16/h2-8H,10H2,1H3,(H,17,19)/b3-2+,5-4+. The fourth-order valence-corrected chi connectivity index (χ4v) is 1.46. The molecule has 1 rings (SSSR count). The molecule has 1 amide bonds. The zero-order valence-corrected chi connectivity index (χ0v) is 12.2. The number of non-ortho nitro benzene ring substituents is 1. The average molecular weight is 315 g/mol. The Labute approximate surface area is 131 Å². The molecular weight excluding hydrogens is 302 g/mol. The van der Waals surface area contributed by atoms with Crippen molar-refractivity contribution >= 4 is 23.3 Å². The highest BCUT2D eigenvalue weighted by Gasteiger charge is 2.13. The van der Waals surface area contributed by atoms with Crippen molar-refractivity contribution in [3.63, 3.8) is 0 Å². The van der Waals surface area contributed by atoms with Gasteiger partial charge in [-0.25, -0.2) is 4.79 Å². The molecule has 8 heteroatoms. The van der Waals surface area contributed by atoms with Crippen LogP contribution < -0.4 is 5.32 Å². The van der Waals surface area contributed by atoms with E-state index in [1.165, 1.54) is 12.1 Å². The third kappa shape index (κ3) is 5.81. The maximum absolute atomic E-state index is 11.7. The number of hydrogen-bond donors (Lipinski definition) is 1. The molecule has 1 N–H and O–H groups in total. The van der Waals surface area contributed by atoms with Crippen molar-refractivity contribution in [2.75, 3.05) is 11.9 Å². The Hall–Kier alpha value is -3.47. The van der Waals surface area contributed by atoms with E-state index in [-0.39, 0.29) is 16.9 Å². The maximum Gasteiger partial charge on any atom is 0.331 e. The molecule has 0 bridgehead atoms. The van der Waals surface area contributed by atoms with Gasteiger partial charge in [0.1, 0.15) is 6.07 Å². The quantitative estimate of drug-likeness (QED) is 0.282. The predicted molar refractivity (Wildman–Crippen MR) is 81.4 cm³/mol. The summed E-state index contributed by atoms with van der Waals surface area (Å²) in [7, 11) is 0. The molecule has 0 aliphatic heterocycles. The molecule has 1 aromatic rings. The molecular formula is C15H13N3O5. The Morgan fingerprint density at radius 1 is 1.43 bits per heavy atom. The number of nitriles is 1. The second-order valence-electron chi connectivity index (χ2n) is 4.14. The summed E-state index contributed by atoms with van der Waals surface area (Å²) in [6.07, 6.45) is 5.95. The van der Waals surface area contributed by atoms with Crippen LogP contribution in [0.4, 0.5) is 11.4 Å². The number of anilines is 1. The first-order chi connectivity index (χ1) is 11.0. The number of hydrogen-bond acceptors (Lipinski definition) is 6. The van der Waals surface area contributed by atoms with Crippen LogP contribution in [0.25, 0.3) is 0 Å². The van der Waals surface area contributed by atoms with Gasteiger partial charge in [0.15, 0.2) is 6.61 Å². The number of allylic oxidation sites excluding steroid dienone is 3. The SMILES string of the molecule is C/C=C/C=C/C(=O)OCC(=O)Nc1ccc([N+](=O)[O-])cc1C#N. The summed E-state index contributed by atoms with van der Waals surface area (Å²) in [6, 6.07) is 5.19. The summed E-state index contributed by atoms with van der Waals surface area (Å²) in [5.41, 5.74) is -0.226. The zero-order valence-electron chi connectivity index (χ0n) is 12.2. The van der Waals surface area contributed by atoms with Crippen molar-refractivity contribution in [1.29, 1.82) is 5.26 Å². The number of carbonyl (C=O) groups is 2. The molecule has 1 aromatic carbocycles. The van der Waals surface area contributed by atoms with Crippen LogP contribution in [0.5, 0.6) is 0 Å². The highest BCUT2D eigenvalue weighted by atomic mass is 16.6. The summed E-state index contributed by atoms with van der Waals surface area (Å²) < 4.78 is 4.70. The van der Waals surface area contributed by atoms with E-state index in [0.29, 0.717) is 0 Å². The number of nitro groups is 1. The Morgan fingerprint density at radius 3 is 2.78 bits per heavy atom. The van der Waals surface area contributed by atoms with Gasteiger partial charge >= 0.3 is 5.97 Å². The Kier molecular flexibility index (Phi) is 6.68. The summed E-state index contributed by atoms with van der Waals surface area (Å²) in [4.78, 5) is 32.9. The van der Waals surface area contributed by atoms with Crippen LogP contribution in [0.15, 0.2) is 42.5 Å². The molecule has 0 atom stereocenters. The average Bonchev–Trinajstić information content (AvgIpc) is 2.53. The molecule has 0 aromatic heterocycles. The molecule has 0 saturated heterocycles. The molecule has 118 valence electrons. The molecule has 0 unspecified atom stereocenters. The number of nitro benzene ring substituents is 1. The first-order valence-electron chi connectivity index (χ1n) is 6.42. The van der Waals surface area contributed by atoms with Crippen molar-refractivity contribution in [3.8, 4) is 6.07 Å².